The quantitative estimate of drug-likeness (QED) is 0.912. The molecule has 1 aliphatic rings. The SMILES string of the molecule is CCc1ccc(N2CCN(C)CC2)cc1NC(=O)c1cc[nH]c1. The van der Waals surface area contributed by atoms with Gasteiger partial charge in [-0.15, -0.1) is 0 Å². The first-order valence-corrected chi connectivity index (χ1v) is 8.18. The Balaban J connectivity index is 1.80. The van der Waals surface area contributed by atoms with Gasteiger partial charge in [0.2, 0.25) is 0 Å². The van der Waals surface area contributed by atoms with Gasteiger partial charge in [0.15, 0.2) is 0 Å². The lowest BCUT2D eigenvalue weighted by Gasteiger charge is -2.34. The Hall–Kier alpha value is -2.27. The normalized spacial score (nSPS) is 15.7. The Labute approximate surface area is 137 Å². The third kappa shape index (κ3) is 3.56. The van der Waals surface area contributed by atoms with E-state index < -0.39 is 0 Å². The summed E-state index contributed by atoms with van der Waals surface area (Å²) in [6, 6.07) is 8.18. The van der Waals surface area contributed by atoms with Gasteiger partial charge in [-0.05, 0) is 37.2 Å². The molecule has 1 aliphatic heterocycles. The van der Waals surface area contributed by atoms with Gasteiger partial charge in [0.25, 0.3) is 5.91 Å². The van der Waals surface area contributed by atoms with Gasteiger partial charge in [0.05, 0.1) is 5.56 Å². The predicted molar refractivity (Wildman–Crippen MR) is 94.3 cm³/mol. The first-order valence-electron chi connectivity index (χ1n) is 8.18. The predicted octanol–water partition coefficient (Wildman–Crippen LogP) is 2.58. The lowest BCUT2D eigenvalue weighted by atomic mass is 10.1. The van der Waals surface area contributed by atoms with Crippen molar-refractivity contribution in [3.05, 3.63) is 47.8 Å². The molecule has 0 radical (unpaired) electrons. The van der Waals surface area contributed by atoms with Crippen LogP contribution in [-0.2, 0) is 6.42 Å². The topological polar surface area (TPSA) is 51.4 Å². The van der Waals surface area contributed by atoms with Crippen molar-refractivity contribution in [2.24, 2.45) is 0 Å². The number of nitrogens with zero attached hydrogens (tertiary/aromatic N) is 2. The maximum Gasteiger partial charge on any atom is 0.257 e. The average Bonchev–Trinajstić information content (AvgIpc) is 3.10. The number of amides is 1. The van der Waals surface area contributed by atoms with E-state index >= 15 is 0 Å². The smallest absolute Gasteiger partial charge is 0.257 e. The van der Waals surface area contributed by atoms with Crippen LogP contribution in [-0.4, -0.2) is 49.0 Å². The minimum Gasteiger partial charge on any atom is -0.369 e. The molecule has 0 unspecified atom stereocenters. The van der Waals surface area contributed by atoms with Crippen LogP contribution in [0.3, 0.4) is 0 Å². The number of hydrogen-bond acceptors (Lipinski definition) is 3. The summed E-state index contributed by atoms with van der Waals surface area (Å²) in [7, 11) is 2.15. The molecular weight excluding hydrogens is 288 g/mol. The molecule has 0 spiro atoms. The monoisotopic (exact) mass is 312 g/mol. The number of aromatic amines is 1. The standard InChI is InChI=1S/C18H24N4O/c1-3-14-4-5-16(22-10-8-21(2)9-11-22)12-17(14)20-18(23)15-6-7-19-13-15/h4-7,12-13,19H,3,8-11H2,1-2H3,(H,20,23). The zero-order valence-corrected chi connectivity index (χ0v) is 13.8. The van der Waals surface area contributed by atoms with E-state index in [9.17, 15) is 4.79 Å². The number of anilines is 2. The van der Waals surface area contributed by atoms with Crippen LogP contribution in [0.1, 0.15) is 22.8 Å². The molecule has 1 aromatic carbocycles. The van der Waals surface area contributed by atoms with E-state index in [-0.39, 0.29) is 5.91 Å². The van der Waals surface area contributed by atoms with E-state index in [0.717, 1.165) is 43.9 Å². The van der Waals surface area contributed by atoms with Crippen LogP contribution >= 0.6 is 0 Å². The number of benzene rings is 1. The molecule has 23 heavy (non-hydrogen) atoms. The largest absolute Gasteiger partial charge is 0.369 e. The second-order valence-corrected chi connectivity index (χ2v) is 6.04. The lowest BCUT2D eigenvalue weighted by molar-refractivity contribution is 0.102. The fourth-order valence-electron chi connectivity index (χ4n) is 2.91. The zero-order chi connectivity index (χ0) is 16.2. The van der Waals surface area contributed by atoms with Gasteiger partial charge >= 0.3 is 0 Å². The second-order valence-electron chi connectivity index (χ2n) is 6.04. The van der Waals surface area contributed by atoms with Crippen LogP contribution in [0.5, 0.6) is 0 Å². The highest BCUT2D eigenvalue weighted by molar-refractivity contribution is 6.04. The van der Waals surface area contributed by atoms with Gasteiger partial charge in [-0.2, -0.15) is 0 Å². The van der Waals surface area contributed by atoms with Crippen LogP contribution in [0.25, 0.3) is 0 Å². The molecule has 5 nitrogen and oxygen atoms in total. The molecule has 2 heterocycles. The Morgan fingerprint density at radius 1 is 1.22 bits per heavy atom. The van der Waals surface area contributed by atoms with Crippen LogP contribution in [0.4, 0.5) is 11.4 Å². The molecule has 1 aromatic heterocycles. The minimum atomic E-state index is -0.0727. The molecule has 2 N–H and O–H groups in total. The molecule has 1 amide bonds. The van der Waals surface area contributed by atoms with Crippen LogP contribution in [0, 0.1) is 0 Å². The van der Waals surface area contributed by atoms with Gasteiger partial charge in [-0.25, -0.2) is 0 Å². The summed E-state index contributed by atoms with van der Waals surface area (Å²) in [5.41, 5.74) is 3.90. The molecule has 0 saturated carbocycles. The maximum atomic E-state index is 12.3. The molecule has 3 rings (SSSR count). The molecule has 5 heteroatoms. The molecule has 2 aromatic rings. The summed E-state index contributed by atoms with van der Waals surface area (Å²) in [6.45, 7) is 6.29. The summed E-state index contributed by atoms with van der Waals surface area (Å²) in [5, 5.41) is 3.06. The number of aromatic nitrogens is 1. The van der Waals surface area contributed by atoms with Crippen molar-refractivity contribution in [3.8, 4) is 0 Å². The maximum absolute atomic E-state index is 12.3. The number of likely N-dealkylation sites (N-methyl/N-ethyl adjacent to an activating group) is 1. The summed E-state index contributed by atoms with van der Waals surface area (Å²) in [6.07, 6.45) is 4.37. The number of H-pyrrole nitrogens is 1. The summed E-state index contributed by atoms with van der Waals surface area (Å²) in [4.78, 5) is 20.0. The van der Waals surface area contributed by atoms with E-state index in [1.165, 1.54) is 5.69 Å². The van der Waals surface area contributed by atoms with E-state index in [1.54, 1.807) is 18.5 Å². The van der Waals surface area contributed by atoms with Crippen LogP contribution < -0.4 is 10.2 Å². The number of rotatable bonds is 4. The molecule has 0 bridgehead atoms. The fraction of sp³-hybridized carbons (Fsp3) is 0.389. The minimum absolute atomic E-state index is 0.0727. The fourth-order valence-corrected chi connectivity index (χ4v) is 2.91. The Kier molecular flexibility index (Phi) is 4.67. The first-order chi connectivity index (χ1) is 11.2. The number of nitrogens with one attached hydrogen (secondary N) is 2. The van der Waals surface area contributed by atoms with E-state index in [0.29, 0.717) is 5.56 Å². The molecule has 0 aliphatic carbocycles. The Morgan fingerprint density at radius 3 is 2.65 bits per heavy atom. The van der Waals surface area contributed by atoms with Gasteiger partial charge in [-0.3, -0.25) is 4.79 Å². The highest BCUT2D eigenvalue weighted by atomic mass is 16.1. The van der Waals surface area contributed by atoms with E-state index in [1.807, 2.05) is 0 Å². The van der Waals surface area contributed by atoms with Crippen molar-refractivity contribution >= 4 is 17.3 Å². The summed E-state index contributed by atoms with van der Waals surface area (Å²) >= 11 is 0. The van der Waals surface area contributed by atoms with Crippen molar-refractivity contribution in [3.63, 3.8) is 0 Å². The van der Waals surface area contributed by atoms with Gasteiger partial charge in [0.1, 0.15) is 0 Å². The van der Waals surface area contributed by atoms with Crippen LogP contribution in [0.2, 0.25) is 0 Å². The Morgan fingerprint density at radius 2 is 2.00 bits per heavy atom. The van der Waals surface area contributed by atoms with Crippen LogP contribution in [0.15, 0.2) is 36.7 Å². The molecule has 1 saturated heterocycles. The number of piperazine rings is 1. The van der Waals surface area contributed by atoms with Crippen molar-refractivity contribution in [2.45, 2.75) is 13.3 Å². The number of carbonyl (C=O) groups is 1. The summed E-state index contributed by atoms with van der Waals surface area (Å²) < 4.78 is 0. The van der Waals surface area contributed by atoms with Gasteiger partial charge in [0, 0.05) is 49.9 Å². The highest BCUT2D eigenvalue weighted by Gasteiger charge is 2.16. The third-order valence-corrected chi connectivity index (χ3v) is 4.45. The van der Waals surface area contributed by atoms with Crippen molar-refractivity contribution in [2.75, 3.05) is 43.4 Å². The average molecular weight is 312 g/mol. The van der Waals surface area contributed by atoms with E-state index in [2.05, 4.69) is 52.3 Å². The number of hydrogen-bond donors (Lipinski definition) is 2. The van der Waals surface area contributed by atoms with Crippen molar-refractivity contribution < 1.29 is 4.79 Å². The zero-order valence-electron chi connectivity index (χ0n) is 13.8. The van der Waals surface area contributed by atoms with Gasteiger partial charge < -0.3 is 20.1 Å². The first kappa shape index (κ1) is 15.6. The lowest BCUT2D eigenvalue weighted by Crippen LogP contribution is -2.44. The van der Waals surface area contributed by atoms with Crippen molar-refractivity contribution in [1.82, 2.24) is 9.88 Å². The highest BCUT2D eigenvalue weighted by Crippen LogP contribution is 2.25. The molecule has 122 valence electrons. The molecule has 0 atom stereocenters. The van der Waals surface area contributed by atoms with E-state index in [4.69, 9.17) is 0 Å². The van der Waals surface area contributed by atoms with Crippen molar-refractivity contribution in [1.29, 1.82) is 0 Å². The third-order valence-electron chi connectivity index (χ3n) is 4.45. The number of aryl methyl sites for hydroxylation is 1. The second kappa shape index (κ2) is 6.87. The molecular formula is C18H24N4O. The number of carbonyl (C=O) groups excluding carboxylic acids is 1. The van der Waals surface area contributed by atoms with Gasteiger partial charge in [-0.1, -0.05) is 13.0 Å². The summed E-state index contributed by atoms with van der Waals surface area (Å²) in [5.74, 6) is -0.0727. The Bertz CT molecular complexity index is 658. The molecule has 1 fully saturated rings.